The second kappa shape index (κ2) is 7.17. The maximum absolute atomic E-state index is 5.81. The summed E-state index contributed by atoms with van der Waals surface area (Å²) in [6, 6.07) is 6.11. The van der Waals surface area contributed by atoms with Crippen LogP contribution in [0.25, 0.3) is 0 Å². The van der Waals surface area contributed by atoms with E-state index in [-0.39, 0.29) is 0 Å². The maximum Gasteiger partial charge on any atom is 0.0363 e. The molecule has 0 spiro atoms. The number of likely N-dealkylation sites (N-methyl/N-ethyl adjacent to an activating group) is 1. The molecule has 96 valence electrons. The Hall–Kier alpha value is -1.22. The van der Waals surface area contributed by atoms with E-state index in [1.54, 1.807) is 0 Å². The van der Waals surface area contributed by atoms with Crippen molar-refractivity contribution in [1.82, 2.24) is 4.90 Å². The highest BCUT2D eigenvalue weighted by Gasteiger charge is 2.00. The van der Waals surface area contributed by atoms with Gasteiger partial charge in [-0.2, -0.15) is 0 Å². The summed E-state index contributed by atoms with van der Waals surface area (Å²) in [7, 11) is 0. The molecule has 0 heterocycles. The van der Waals surface area contributed by atoms with Crippen LogP contribution in [-0.4, -0.2) is 31.1 Å². The molecule has 3 nitrogen and oxygen atoms in total. The fourth-order valence-corrected chi connectivity index (χ4v) is 2.02. The highest BCUT2D eigenvalue weighted by Crippen LogP contribution is 2.15. The van der Waals surface area contributed by atoms with Gasteiger partial charge in [0.1, 0.15) is 0 Å². The van der Waals surface area contributed by atoms with E-state index in [0.717, 1.165) is 31.0 Å². The predicted molar refractivity (Wildman–Crippen MR) is 76.5 cm³/mol. The van der Waals surface area contributed by atoms with Crippen molar-refractivity contribution in [2.45, 2.75) is 27.2 Å². The Labute approximate surface area is 105 Å². The topological polar surface area (TPSA) is 41.3 Å². The minimum atomic E-state index is 0.827. The summed E-state index contributed by atoms with van der Waals surface area (Å²) < 4.78 is 0. The van der Waals surface area contributed by atoms with Crippen LogP contribution in [0.3, 0.4) is 0 Å². The van der Waals surface area contributed by atoms with Gasteiger partial charge in [-0.05, 0) is 50.2 Å². The van der Waals surface area contributed by atoms with E-state index in [9.17, 15) is 0 Å². The monoisotopic (exact) mass is 235 g/mol. The van der Waals surface area contributed by atoms with E-state index in [4.69, 9.17) is 5.73 Å². The molecule has 0 bridgehead atoms. The van der Waals surface area contributed by atoms with E-state index in [2.05, 4.69) is 37.1 Å². The number of nitrogens with one attached hydrogen (secondary N) is 1. The summed E-state index contributed by atoms with van der Waals surface area (Å²) >= 11 is 0. The molecule has 0 fully saturated rings. The van der Waals surface area contributed by atoms with E-state index in [1.807, 2.05) is 12.1 Å². The molecule has 0 atom stereocenters. The van der Waals surface area contributed by atoms with Gasteiger partial charge in [0, 0.05) is 24.5 Å². The first kappa shape index (κ1) is 13.8. The van der Waals surface area contributed by atoms with Gasteiger partial charge in [0.2, 0.25) is 0 Å². The second-order valence-electron chi connectivity index (χ2n) is 4.49. The molecule has 3 heteroatoms. The third-order valence-corrected chi connectivity index (χ3v) is 2.84. The lowest BCUT2D eigenvalue weighted by atomic mass is 10.2. The number of hydrogen-bond donors (Lipinski definition) is 2. The smallest absolute Gasteiger partial charge is 0.0363 e. The van der Waals surface area contributed by atoms with Crippen LogP contribution < -0.4 is 11.1 Å². The van der Waals surface area contributed by atoms with E-state index in [1.165, 1.54) is 18.5 Å². The molecule has 0 amide bonds. The highest BCUT2D eigenvalue weighted by molar-refractivity contribution is 5.56. The SMILES string of the molecule is CCCN(CC)CCNc1cc(C)cc(N)c1. The highest BCUT2D eigenvalue weighted by atomic mass is 15.1. The van der Waals surface area contributed by atoms with Gasteiger partial charge < -0.3 is 16.0 Å². The Morgan fingerprint density at radius 3 is 2.53 bits per heavy atom. The Bertz CT molecular complexity index is 316. The average molecular weight is 235 g/mol. The Kier molecular flexibility index (Phi) is 5.84. The molecular formula is C14H25N3. The Morgan fingerprint density at radius 2 is 1.94 bits per heavy atom. The number of hydrogen-bond acceptors (Lipinski definition) is 3. The van der Waals surface area contributed by atoms with Crippen molar-refractivity contribution < 1.29 is 0 Å². The molecule has 0 aliphatic rings. The van der Waals surface area contributed by atoms with E-state index >= 15 is 0 Å². The largest absolute Gasteiger partial charge is 0.399 e. The summed E-state index contributed by atoms with van der Waals surface area (Å²) in [6.45, 7) is 10.8. The van der Waals surface area contributed by atoms with Crippen LogP contribution in [0, 0.1) is 6.92 Å². The molecule has 17 heavy (non-hydrogen) atoms. The fraction of sp³-hybridized carbons (Fsp3) is 0.571. The first-order valence-electron chi connectivity index (χ1n) is 6.49. The molecule has 3 N–H and O–H groups in total. The molecule has 0 aromatic heterocycles. The fourth-order valence-electron chi connectivity index (χ4n) is 2.02. The van der Waals surface area contributed by atoms with Gasteiger partial charge in [0.25, 0.3) is 0 Å². The zero-order valence-electron chi connectivity index (χ0n) is 11.3. The van der Waals surface area contributed by atoms with Gasteiger partial charge >= 0.3 is 0 Å². The predicted octanol–water partition coefficient (Wildman–Crippen LogP) is 2.72. The quantitative estimate of drug-likeness (QED) is 0.714. The molecular weight excluding hydrogens is 210 g/mol. The number of anilines is 2. The van der Waals surface area contributed by atoms with Crippen molar-refractivity contribution in [3.8, 4) is 0 Å². The van der Waals surface area contributed by atoms with Gasteiger partial charge in [-0.1, -0.05) is 13.8 Å². The standard InChI is InChI=1S/C14H25N3/c1-4-7-17(5-2)8-6-16-14-10-12(3)9-13(15)11-14/h9-11,16H,4-8,15H2,1-3H3. The van der Waals surface area contributed by atoms with Crippen LogP contribution in [0.4, 0.5) is 11.4 Å². The second-order valence-corrected chi connectivity index (χ2v) is 4.49. The molecule has 0 aliphatic carbocycles. The minimum Gasteiger partial charge on any atom is -0.399 e. The van der Waals surface area contributed by atoms with Crippen LogP contribution in [0.1, 0.15) is 25.8 Å². The maximum atomic E-state index is 5.81. The number of nitrogens with two attached hydrogens (primary N) is 1. The average Bonchev–Trinajstić information content (AvgIpc) is 2.26. The molecule has 1 rings (SSSR count). The van der Waals surface area contributed by atoms with E-state index in [0.29, 0.717) is 0 Å². The summed E-state index contributed by atoms with van der Waals surface area (Å²) in [4.78, 5) is 2.45. The third-order valence-electron chi connectivity index (χ3n) is 2.84. The lowest BCUT2D eigenvalue weighted by Crippen LogP contribution is -2.29. The van der Waals surface area contributed by atoms with Gasteiger partial charge in [-0.25, -0.2) is 0 Å². The van der Waals surface area contributed by atoms with Crippen molar-refractivity contribution in [2.24, 2.45) is 0 Å². The lowest BCUT2D eigenvalue weighted by Gasteiger charge is -2.20. The lowest BCUT2D eigenvalue weighted by molar-refractivity contribution is 0.300. The van der Waals surface area contributed by atoms with Crippen LogP contribution in [-0.2, 0) is 0 Å². The summed E-state index contributed by atoms with van der Waals surface area (Å²) in [5, 5.41) is 3.43. The Morgan fingerprint density at radius 1 is 1.18 bits per heavy atom. The van der Waals surface area contributed by atoms with Crippen molar-refractivity contribution in [1.29, 1.82) is 0 Å². The number of nitrogens with zero attached hydrogens (tertiary/aromatic N) is 1. The van der Waals surface area contributed by atoms with Crippen LogP contribution in [0.5, 0.6) is 0 Å². The first-order valence-corrected chi connectivity index (χ1v) is 6.49. The molecule has 0 saturated heterocycles. The van der Waals surface area contributed by atoms with Gasteiger partial charge in [0.05, 0.1) is 0 Å². The number of rotatable bonds is 7. The molecule has 1 aromatic carbocycles. The number of aryl methyl sites for hydroxylation is 1. The first-order chi connectivity index (χ1) is 8.15. The molecule has 0 radical (unpaired) electrons. The van der Waals surface area contributed by atoms with Crippen LogP contribution in [0.2, 0.25) is 0 Å². The van der Waals surface area contributed by atoms with Crippen LogP contribution >= 0.6 is 0 Å². The van der Waals surface area contributed by atoms with Gasteiger partial charge in [-0.3, -0.25) is 0 Å². The molecule has 0 unspecified atom stereocenters. The number of nitrogen functional groups attached to an aromatic ring is 1. The Balaban J connectivity index is 2.39. The van der Waals surface area contributed by atoms with Crippen molar-refractivity contribution in [3.63, 3.8) is 0 Å². The molecule has 0 aliphatic heterocycles. The summed E-state index contributed by atoms with van der Waals surface area (Å²) in [6.07, 6.45) is 1.21. The number of benzene rings is 1. The van der Waals surface area contributed by atoms with Gasteiger partial charge in [0.15, 0.2) is 0 Å². The van der Waals surface area contributed by atoms with E-state index < -0.39 is 0 Å². The minimum absolute atomic E-state index is 0.827. The zero-order valence-corrected chi connectivity index (χ0v) is 11.3. The summed E-state index contributed by atoms with van der Waals surface area (Å²) in [5.74, 6) is 0. The zero-order chi connectivity index (χ0) is 12.7. The van der Waals surface area contributed by atoms with Crippen molar-refractivity contribution >= 4 is 11.4 Å². The van der Waals surface area contributed by atoms with Crippen molar-refractivity contribution in [2.75, 3.05) is 37.2 Å². The normalized spacial score (nSPS) is 10.8. The van der Waals surface area contributed by atoms with Crippen LogP contribution in [0.15, 0.2) is 18.2 Å². The molecule has 1 aromatic rings. The van der Waals surface area contributed by atoms with Gasteiger partial charge in [-0.15, -0.1) is 0 Å². The third kappa shape index (κ3) is 5.09. The van der Waals surface area contributed by atoms with Crippen molar-refractivity contribution in [3.05, 3.63) is 23.8 Å². The molecule has 0 saturated carbocycles. The summed E-state index contributed by atoms with van der Waals surface area (Å²) in [5.41, 5.74) is 8.96.